The van der Waals surface area contributed by atoms with Gasteiger partial charge in [-0.1, -0.05) is 47.1 Å². The van der Waals surface area contributed by atoms with E-state index >= 15 is 0 Å². The summed E-state index contributed by atoms with van der Waals surface area (Å²) in [7, 11) is 0. The SMILES string of the molecule is C[C@H]1[C@H](C)CC[C@]2(C)CC[C@]3(C)C(=CC(=O)[C@@H]4[C@@]5(C)CC[C@@H](OC(=O)CN6CCNCC6)[C@](C)(C(=O)O)[C@@H]5CC[C@]43C)[C@H]12. The largest absolute Gasteiger partial charge is 0.481 e. The quantitative estimate of drug-likeness (QED) is 0.401. The second kappa shape index (κ2) is 10.4. The molecule has 5 fully saturated rings. The van der Waals surface area contributed by atoms with Gasteiger partial charge in [0, 0.05) is 32.1 Å². The summed E-state index contributed by atoms with van der Waals surface area (Å²) in [5.74, 6) is 0.128. The number of aliphatic carboxylic acids is 1. The Balaban J connectivity index is 1.33. The number of esters is 1. The summed E-state index contributed by atoms with van der Waals surface area (Å²) < 4.78 is 6.07. The lowest BCUT2D eigenvalue weighted by Crippen LogP contribution is -2.68. The number of ether oxygens (including phenoxy) is 1. The number of fused-ring (bicyclic) bond motifs is 7. The van der Waals surface area contributed by atoms with Crippen molar-refractivity contribution in [3.63, 3.8) is 0 Å². The van der Waals surface area contributed by atoms with E-state index in [-0.39, 0.29) is 46.4 Å². The van der Waals surface area contributed by atoms with Crippen LogP contribution < -0.4 is 5.32 Å². The number of allylic oxidation sites excluding steroid dienone is 2. The molecule has 1 aliphatic heterocycles. The first-order chi connectivity index (χ1) is 20.1. The molecule has 240 valence electrons. The number of ketones is 1. The normalized spacial score (nSPS) is 49.9. The molecule has 0 bridgehead atoms. The Morgan fingerprint density at radius 1 is 0.977 bits per heavy atom. The van der Waals surface area contributed by atoms with Crippen molar-refractivity contribution in [1.82, 2.24) is 10.2 Å². The first-order valence-corrected chi connectivity index (χ1v) is 17.2. The standard InChI is InChI=1S/C36H56N2O5/c1-22-8-11-32(3)14-15-34(5)24(29(32)23(22)2)20-25(39)30-33(4)12-10-27(43-28(40)21-38-18-16-37-17-19-38)36(7,31(41)42)26(33)9-13-35(30,34)6/h20,22-23,26-27,29-30,37H,8-19,21H2,1-7H3,(H,41,42)/t22-,23+,26-,27-,29+,30-,32-,33+,34-,35-,36-/m1/s1. The molecule has 2 N–H and O–H groups in total. The number of nitrogens with zero attached hydrogens (tertiary/aromatic N) is 1. The molecular formula is C36H56N2O5. The highest BCUT2D eigenvalue weighted by Gasteiger charge is 2.72. The monoisotopic (exact) mass is 596 g/mol. The van der Waals surface area contributed by atoms with Crippen molar-refractivity contribution in [2.24, 2.45) is 56.7 Å². The average molecular weight is 597 g/mol. The van der Waals surface area contributed by atoms with Crippen LogP contribution in [0.2, 0.25) is 0 Å². The molecule has 0 aromatic heterocycles. The third-order valence-electron chi connectivity index (χ3n) is 15.0. The van der Waals surface area contributed by atoms with Crippen molar-refractivity contribution in [2.45, 2.75) is 106 Å². The Hall–Kier alpha value is -1.73. The smallest absolute Gasteiger partial charge is 0.320 e. The zero-order chi connectivity index (χ0) is 31.2. The Kier molecular flexibility index (Phi) is 7.56. The van der Waals surface area contributed by atoms with E-state index in [4.69, 9.17) is 4.74 Å². The molecule has 0 unspecified atom stereocenters. The summed E-state index contributed by atoms with van der Waals surface area (Å²) >= 11 is 0. The van der Waals surface area contributed by atoms with E-state index in [0.29, 0.717) is 30.6 Å². The Morgan fingerprint density at radius 2 is 1.67 bits per heavy atom. The fourth-order valence-corrected chi connectivity index (χ4v) is 12.1. The van der Waals surface area contributed by atoms with Crippen molar-refractivity contribution < 1.29 is 24.2 Å². The van der Waals surface area contributed by atoms with Crippen molar-refractivity contribution in [2.75, 3.05) is 32.7 Å². The maximum absolute atomic E-state index is 14.6. The van der Waals surface area contributed by atoms with Gasteiger partial charge in [0.1, 0.15) is 11.5 Å². The molecule has 0 amide bonds. The maximum atomic E-state index is 14.6. The molecule has 6 rings (SSSR count). The van der Waals surface area contributed by atoms with Crippen molar-refractivity contribution >= 4 is 17.7 Å². The number of hydrogen-bond acceptors (Lipinski definition) is 6. The molecule has 5 aliphatic carbocycles. The van der Waals surface area contributed by atoms with Gasteiger partial charge < -0.3 is 15.2 Å². The molecule has 43 heavy (non-hydrogen) atoms. The van der Waals surface area contributed by atoms with E-state index < -0.39 is 22.9 Å². The van der Waals surface area contributed by atoms with Crippen LogP contribution in [0.5, 0.6) is 0 Å². The van der Waals surface area contributed by atoms with Gasteiger partial charge >= 0.3 is 11.9 Å². The molecule has 7 nitrogen and oxygen atoms in total. The molecule has 1 saturated heterocycles. The van der Waals surface area contributed by atoms with Crippen LogP contribution in [-0.4, -0.2) is 66.6 Å². The predicted molar refractivity (Wildman–Crippen MR) is 166 cm³/mol. The van der Waals surface area contributed by atoms with Crippen LogP contribution >= 0.6 is 0 Å². The van der Waals surface area contributed by atoms with E-state index in [2.05, 4.69) is 57.8 Å². The van der Waals surface area contributed by atoms with Crippen LogP contribution in [0.4, 0.5) is 0 Å². The summed E-state index contributed by atoms with van der Waals surface area (Å²) in [6.45, 7) is 19.5. The number of carboxylic acids is 1. The lowest BCUT2D eigenvalue weighted by Gasteiger charge is -2.70. The molecule has 4 saturated carbocycles. The number of carboxylic acid groups (broad SMARTS) is 1. The van der Waals surface area contributed by atoms with E-state index in [0.717, 1.165) is 45.4 Å². The second-order valence-corrected chi connectivity index (χ2v) is 16.9. The Morgan fingerprint density at radius 3 is 2.35 bits per heavy atom. The van der Waals surface area contributed by atoms with Gasteiger partial charge in [0.25, 0.3) is 0 Å². The number of carbonyl (C=O) groups excluding carboxylic acids is 2. The van der Waals surface area contributed by atoms with Crippen LogP contribution in [0.15, 0.2) is 11.6 Å². The molecule has 0 aromatic carbocycles. The van der Waals surface area contributed by atoms with Crippen LogP contribution in [0.3, 0.4) is 0 Å². The Labute approximate surface area is 258 Å². The molecular weight excluding hydrogens is 540 g/mol. The first-order valence-electron chi connectivity index (χ1n) is 17.2. The van der Waals surface area contributed by atoms with Gasteiger partial charge in [0.15, 0.2) is 5.78 Å². The molecule has 0 aromatic rings. The molecule has 0 radical (unpaired) electrons. The highest BCUT2D eigenvalue weighted by Crippen LogP contribution is 2.75. The molecule has 1 heterocycles. The van der Waals surface area contributed by atoms with E-state index in [1.165, 1.54) is 24.8 Å². The number of carbonyl (C=O) groups is 3. The van der Waals surface area contributed by atoms with E-state index in [1.807, 2.05) is 0 Å². The third kappa shape index (κ3) is 4.36. The zero-order valence-electron chi connectivity index (χ0n) is 27.8. The lowest BCUT2D eigenvalue weighted by atomic mass is 9.33. The van der Waals surface area contributed by atoms with Crippen LogP contribution in [0.25, 0.3) is 0 Å². The third-order valence-corrected chi connectivity index (χ3v) is 15.0. The predicted octanol–water partition coefficient (Wildman–Crippen LogP) is 5.72. The topological polar surface area (TPSA) is 95.9 Å². The van der Waals surface area contributed by atoms with Gasteiger partial charge in [-0.3, -0.25) is 19.3 Å². The second-order valence-electron chi connectivity index (χ2n) is 16.9. The number of hydrogen-bond donors (Lipinski definition) is 2. The first kappa shape index (κ1) is 31.3. The van der Waals surface area contributed by atoms with Gasteiger partial charge in [0.05, 0.1) is 6.54 Å². The van der Waals surface area contributed by atoms with Gasteiger partial charge in [-0.15, -0.1) is 0 Å². The van der Waals surface area contributed by atoms with Crippen molar-refractivity contribution in [3.05, 3.63) is 11.6 Å². The molecule has 7 heteroatoms. The minimum absolute atomic E-state index is 0.0821. The van der Waals surface area contributed by atoms with Crippen LogP contribution in [0, 0.1) is 56.7 Å². The average Bonchev–Trinajstić information content (AvgIpc) is 2.94. The zero-order valence-corrected chi connectivity index (χ0v) is 27.8. The molecule has 0 spiro atoms. The van der Waals surface area contributed by atoms with E-state index in [1.54, 1.807) is 6.92 Å². The molecule has 6 aliphatic rings. The summed E-state index contributed by atoms with van der Waals surface area (Å²) in [5.41, 5.74) is -0.375. The van der Waals surface area contributed by atoms with Crippen LogP contribution in [0.1, 0.15) is 99.8 Å². The summed E-state index contributed by atoms with van der Waals surface area (Å²) in [6, 6.07) is 0. The maximum Gasteiger partial charge on any atom is 0.320 e. The van der Waals surface area contributed by atoms with Gasteiger partial charge in [0.2, 0.25) is 0 Å². The number of nitrogens with one attached hydrogen (secondary N) is 1. The Bertz CT molecular complexity index is 1210. The number of piperazine rings is 1. The fraction of sp³-hybridized carbons (Fsp3) is 0.861. The summed E-state index contributed by atoms with van der Waals surface area (Å²) in [4.78, 5) is 43.0. The van der Waals surface area contributed by atoms with Gasteiger partial charge in [-0.2, -0.15) is 0 Å². The lowest BCUT2D eigenvalue weighted by molar-refractivity contribution is -0.221. The minimum Gasteiger partial charge on any atom is -0.481 e. The summed E-state index contributed by atoms with van der Waals surface area (Å²) in [6.07, 6.45) is 8.91. The van der Waals surface area contributed by atoms with Crippen molar-refractivity contribution in [1.29, 1.82) is 0 Å². The minimum atomic E-state index is -1.24. The van der Waals surface area contributed by atoms with E-state index in [9.17, 15) is 19.5 Å². The van der Waals surface area contributed by atoms with Crippen LogP contribution in [-0.2, 0) is 19.1 Å². The fourth-order valence-electron chi connectivity index (χ4n) is 12.1. The summed E-state index contributed by atoms with van der Waals surface area (Å²) in [5, 5.41) is 14.1. The van der Waals surface area contributed by atoms with Crippen molar-refractivity contribution in [3.8, 4) is 0 Å². The van der Waals surface area contributed by atoms with Gasteiger partial charge in [-0.05, 0) is 110 Å². The molecule has 11 atom stereocenters. The highest BCUT2D eigenvalue weighted by molar-refractivity contribution is 5.96. The number of rotatable bonds is 4. The van der Waals surface area contributed by atoms with Gasteiger partial charge in [-0.25, -0.2) is 0 Å². The highest BCUT2D eigenvalue weighted by atomic mass is 16.5.